The second-order valence-corrected chi connectivity index (χ2v) is 6.66. The van der Waals surface area contributed by atoms with Crippen LogP contribution in [0.15, 0.2) is 53.3 Å². The van der Waals surface area contributed by atoms with Crippen molar-refractivity contribution in [3.63, 3.8) is 0 Å². The van der Waals surface area contributed by atoms with Crippen molar-refractivity contribution in [1.82, 2.24) is 19.8 Å². The van der Waals surface area contributed by atoms with Gasteiger partial charge in [0.1, 0.15) is 5.01 Å². The molecule has 0 amide bonds. The molecule has 2 aromatic carbocycles. The second-order valence-electron chi connectivity index (χ2n) is 5.30. The fraction of sp³-hybridized carbons (Fsp3) is 0.0588. The molecule has 2 heterocycles. The van der Waals surface area contributed by atoms with Crippen molar-refractivity contribution < 1.29 is 0 Å². The zero-order valence-corrected chi connectivity index (χ0v) is 14.2. The van der Waals surface area contributed by atoms with Gasteiger partial charge in [0, 0.05) is 11.1 Å². The molecule has 0 unspecified atom stereocenters. The second kappa shape index (κ2) is 5.81. The number of aromatic nitrogens is 4. The summed E-state index contributed by atoms with van der Waals surface area (Å²) >= 11 is 7.49. The lowest BCUT2D eigenvalue weighted by atomic mass is 10.1. The van der Waals surface area contributed by atoms with Crippen molar-refractivity contribution in [2.24, 2.45) is 0 Å². The lowest BCUT2D eigenvalue weighted by molar-refractivity contribution is 0.862. The molecule has 0 radical (unpaired) electrons. The third kappa shape index (κ3) is 2.50. The molecule has 0 spiro atoms. The summed E-state index contributed by atoms with van der Waals surface area (Å²) in [5.41, 5.74) is 2.59. The van der Waals surface area contributed by atoms with Gasteiger partial charge < -0.3 is 0 Å². The van der Waals surface area contributed by atoms with Crippen molar-refractivity contribution in [3.05, 3.63) is 69.5 Å². The van der Waals surface area contributed by atoms with E-state index in [4.69, 9.17) is 11.6 Å². The van der Waals surface area contributed by atoms with E-state index < -0.39 is 0 Å². The fourth-order valence-electron chi connectivity index (χ4n) is 2.35. The van der Waals surface area contributed by atoms with Crippen LogP contribution in [0.5, 0.6) is 0 Å². The quantitative estimate of drug-likeness (QED) is 0.548. The first kappa shape index (κ1) is 15.0. The molecule has 4 aromatic rings. The van der Waals surface area contributed by atoms with Crippen molar-refractivity contribution >= 4 is 27.9 Å². The van der Waals surface area contributed by atoms with Gasteiger partial charge in [-0.3, -0.25) is 4.79 Å². The smallest absolute Gasteiger partial charge is 0.265 e. The van der Waals surface area contributed by atoms with Gasteiger partial charge in [-0.25, -0.2) is 0 Å². The summed E-state index contributed by atoms with van der Waals surface area (Å²) in [6.07, 6.45) is 0. The number of hydrogen-bond donors (Lipinski definition) is 0. The minimum atomic E-state index is -0.293. The maximum atomic E-state index is 12.7. The molecule has 0 fully saturated rings. The van der Waals surface area contributed by atoms with Gasteiger partial charge in [-0.2, -0.15) is 9.61 Å². The first-order valence-corrected chi connectivity index (χ1v) is 8.41. The Labute approximate surface area is 146 Å². The number of nitrogens with zero attached hydrogens (tertiary/aromatic N) is 4. The zero-order valence-electron chi connectivity index (χ0n) is 12.6. The summed E-state index contributed by atoms with van der Waals surface area (Å²) in [5.74, 6) is 0. The van der Waals surface area contributed by atoms with Crippen molar-refractivity contribution in [3.8, 4) is 21.8 Å². The molecule has 0 bridgehead atoms. The van der Waals surface area contributed by atoms with E-state index in [0.717, 1.165) is 16.7 Å². The standard InChI is InChI=1S/C17H11ClN4OS/c1-10-6-8-11(9-7-10)14-16(23)22-17(20-19-14)24-15(21-22)12-4-2-3-5-13(12)18/h2-9H,1H3. The van der Waals surface area contributed by atoms with Crippen LogP contribution in [-0.2, 0) is 0 Å². The van der Waals surface area contributed by atoms with E-state index in [0.29, 0.717) is 15.0 Å². The third-order valence-electron chi connectivity index (χ3n) is 3.62. The van der Waals surface area contributed by atoms with Gasteiger partial charge in [0.2, 0.25) is 4.96 Å². The van der Waals surface area contributed by atoms with Gasteiger partial charge in [-0.05, 0) is 13.0 Å². The number of aryl methyl sites for hydroxylation is 1. The average Bonchev–Trinajstić information content (AvgIpc) is 3.02. The van der Waals surface area contributed by atoms with Crippen LogP contribution in [0.1, 0.15) is 5.56 Å². The monoisotopic (exact) mass is 354 g/mol. The molecule has 4 rings (SSSR count). The summed E-state index contributed by atoms with van der Waals surface area (Å²) in [5, 5.41) is 13.8. The highest BCUT2D eigenvalue weighted by Crippen LogP contribution is 2.30. The van der Waals surface area contributed by atoms with Crippen LogP contribution in [0.4, 0.5) is 0 Å². The number of fused-ring (bicyclic) bond motifs is 1. The highest BCUT2D eigenvalue weighted by Gasteiger charge is 2.15. The minimum Gasteiger partial charge on any atom is -0.265 e. The molecule has 0 aliphatic rings. The summed E-state index contributed by atoms with van der Waals surface area (Å²) < 4.78 is 1.28. The Morgan fingerprint density at radius 3 is 2.54 bits per heavy atom. The number of rotatable bonds is 2. The van der Waals surface area contributed by atoms with Crippen LogP contribution in [0.2, 0.25) is 5.02 Å². The van der Waals surface area contributed by atoms with Gasteiger partial charge in [0.15, 0.2) is 5.69 Å². The topological polar surface area (TPSA) is 60.1 Å². The Balaban J connectivity index is 1.90. The number of halogens is 1. The van der Waals surface area contributed by atoms with Gasteiger partial charge in [-0.1, -0.05) is 71.0 Å². The molecule has 0 N–H and O–H groups in total. The highest BCUT2D eigenvalue weighted by atomic mass is 35.5. The SMILES string of the molecule is Cc1ccc(-c2nnc3sc(-c4ccccc4Cl)nn3c2=O)cc1. The number of benzene rings is 2. The summed E-state index contributed by atoms with van der Waals surface area (Å²) in [6.45, 7) is 1.99. The molecule has 0 saturated heterocycles. The van der Waals surface area contributed by atoms with Crippen molar-refractivity contribution in [1.29, 1.82) is 0 Å². The van der Waals surface area contributed by atoms with Crippen LogP contribution < -0.4 is 5.56 Å². The molecular formula is C17H11ClN4OS. The van der Waals surface area contributed by atoms with Crippen LogP contribution in [0.3, 0.4) is 0 Å². The molecule has 7 heteroatoms. The maximum Gasteiger partial charge on any atom is 0.302 e. The average molecular weight is 355 g/mol. The summed E-state index contributed by atoms with van der Waals surface area (Å²) in [7, 11) is 0. The predicted octanol–water partition coefficient (Wildman–Crippen LogP) is 3.84. The molecule has 0 aliphatic carbocycles. The Morgan fingerprint density at radius 2 is 1.79 bits per heavy atom. The summed E-state index contributed by atoms with van der Waals surface area (Å²) in [4.78, 5) is 13.2. The van der Waals surface area contributed by atoms with Crippen LogP contribution in [0.25, 0.3) is 26.8 Å². The zero-order chi connectivity index (χ0) is 16.7. The highest BCUT2D eigenvalue weighted by molar-refractivity contribution is 7.19. The molecule has 0 aliphatic heterocycles. The molecule has 0 saturated carbocycles. The molecule has 2 aromatic heterocycles. The van der Waals surface area contributed by atoms with E-state index in [-0.39, 0.29) is 11.3 Å². The fourth-order valence-corrected chi connectivity index (χ4v) is 3.51. The van der Waals surface area contributed by atoms with E-state index in [1.54, 1.807) is 6.07 Å². The molecule has 5 nitrogen and oxygen atoms in total. The molecular weight excluding hydrogens is 344 g/mol. The maximum absolute atomic E-state index is 12.7. The largest absolute Gasteiger partial charge is 0.302 e. The van der Waals surface area contributed by atoms with Crippen molar-refractivity contribution in [2.45, 2.75) is 6.92 Å². The Kier molecular flexibility index (Phi) is 3.63. The van der Waals surface area contributed by atoms with E-state index in [1.807, 2.05) is 49.4 Å². The number of hydrogen-bond acceptors (Lipinski definition) is 5. The lowest BCUT2D eigenvalue weighted by Crippen LogP contribution is -2.19. The van der Waals surface area contributed by atoms with Crippen LogP contribution in [0, 0.1) is 6.92 Å². The van der Waals surface area contributed by atoms with E-state index in [2.05, 4.69) is 15.3 Å². The van der Waals surface area contributed by atoms with E-state index in [1.165, 1.54) is 15.9 Å². The Bertz CT molecular complexity index is 1100. The van der Waals surface area contributed by atoms with E-state index >= 15 is 0 Å². The summed E-state index contributed by atoms with van der Waals surface area (Å²) in [6, 6.07) is 14.9. The third-order valence-corrected chi connectivity index (χ3v) is 4.88. The van der Waals surface area contributed by atoms with Gasteiger partial charge in [0.05, 0.1) is 5.02 Å². The first-order chi connectivity index (χ1) is 11.6. The molecule has 24 heavy (non-hydrogen) atoms. The normalized spacial score (nSPS) is 11.1. The van der Waals surface area contributed by atoms with E-state index in [9.17, 15) is 4.79 Å². The molecule has 0 atom stereocenters. The van der Waals surface area contributed by atoms with Gasteiger partial charge >= 0.3 is 5.56 Å². The van der Waals surface area contributed by atoms with Crippen LogP contribution in [-0.4, -0.2) is 19.8 Å². The predicted molar refractivity (Wildman–Crippen MR) is 95.5 cm³/mol. The minimum absolute atomic E-state index is 0.281. The molecule has 118 valence electrons. The van der Waals surface area contributed by atoms with Gasteiger partial charge in [-0.15, -0.1) is 10.2 Å². The lowest BCUT2D eigenvalue weighted by Gasteiger charge is -1.99. The van der Waals surface area contributed by atoms with Gasteiger partial charge in [0.25, 0.3) is 0 Å². The Morgan fingerprint density at radius 1 is 1.04 bits per heavy atom. The van der Waals surface area contributed by atoms with Crippen LogP contribution >= 0.6 is 22.9 Å². The first-order valence-electron chi connectivity index (χ1n) is 7.22. The Hall–Kier alpha value is -2.57. The van der Waals surface area contributed by atoms with Crippen molar-refractivity contribution in [2.75, 3.05) is 0 Å².